The molecule has 0 radical (unpaired) electrons. The molecule has 2 atom stereocenters. The Morgan fingerprint density at radius 3 is 2.72 bits per heavy atom. The van der Waals surface area contributed by atoms with Gasteiger partial charge in [0.05, 0.1) is 5.60 Å². The molecule has 0 amide bonds. The number of nitrogens with zero attached hydrogens (tertiary/aromatic N) is 1. The number of nitrogen functional groups attached to an aromatic ring is 1. The van der Waals surface area contributed by atoms with Gasteiger partial charge in [-0.3, -0.25) is 4.98 Å². The molecule has 0 saturated carbocycles. The number of aromatic nitrogens is 1. The van der Waals surface area contributed by atoms with Crippen molar-refractivity contribution >= 4 is 5.69 Å². The maximum atomic E-state index is 5.98. The Balaban J connectivity index is 2.90. The maximum absolute atomic E-state index is 5.98. The van der Waals surface area contributed by atoms with E-state index in [2.05, 4.69) is 31.1 Å². The van der Waals surface area contributed by atoms with Crippen LogP contribution < -0.4 is 11.1 Å². The maximum Gasteiger partial charge on any atom is 0.0803 e. The molecular weight excluding hydrogens is 226 g/mol. The van der Waals surface area contributed by atoms with Gasteiger partial charge in [0.2, 0.25) is 0 Å². The first kappa shape index (κ1) is 14.9. The highest BCUT2D eigenvalue weighted by Gasteiger charge is 2.32. The van der Waals surface area contributed by atoms with Crippen molar-refractivity contribution < 1.29 is 4.74 Å². The van der Waals surface area contributed by atoms with Crippen LogP contribution >= 0.6 is 0 Å². The highest BCUT2D eigenvalue weighted by Crippen LogP contribution is 2.24. The zero-order valence-corrected chi connectivity index (χ0v) is 11.9. The van der Waals surface area contributed by atoms with Crippen molar-refractivity contribution in [3.8, 4) is 0 Å². The van der Waals surface area contributed by atoms with Crippen LogP contribution in [0.4, 0.5) is 5.69 Å². The molecule has 2 unspecified atom stereocenters. The normalized spacial score (nSPS) is 16.2. The Labute approximate surface area is 110 Å². The number of anilines is 1. The van der Waals surface area contributed by atoms with Gasteiger partial charge in [-0.05, 0) is 37.9 Å². The van der Waals surface area contributed by atoms with Gasteiger partial charge in [-0.15, -0.1) is 0 Å². The highest BCUT2D eigenvalue weighted by molar-refractivity contribution is 5.44. The van der Waals surface area contributed by atoms with Crippen LogP contribution in [0.5, 0.6) is 0 Å². The molecule has 3 N–H and O–H groups in total. The zero-order chi connectivity index (χ0) is 13.6. The summed E-state index contributed by atoms with van der Waals surface area (Å²) in [5.74, 6) is 0. The fraction of sp³-hybridized carbons (Fsp3) is 0.643. The largest absolute Gasteiger partial charge is 0.398 e. The number of nitrogens with one attached hydrogen (secondary N) is 1. The minimum Gasteiger partial charge on any atom is -0.398 e. The second-order valence-corrected chi connectivity index (χ2v) is 4.76. The van der Waals surface area contributed by atoms with Gasteiger partial charge < -0.3 is 15.8 Å². The van der Waals surface area contributed by atoms with Gasteiger partial charge in [-0.1, -0.05) is 13.8 Å². The summed E-state index contributed by atoms with van der Waals surface area (Å²) in [6, 6.07) is 2.07. The summed E-state index contributed by atoms with van der Waals surface area (Å²) in [7, 11) is 1.76. The van der Waals surface area contributed by atoms with Gasteiger partial charge in [0, 0.05) is 31.2 Å². The SMILES string of the molecule is CCNC(Cc1cnccc1N)C(C)(CC)OC. The molecule has 18 heavy (non-hydrogen) atoms. The number of nitrogens with two attached hydrogens (primary N) is 1. The van der Waals surface area contributed by atoms with E-state index in [0.29, 0.717) is 0 Å². The van der Waals surface area contributed by atoms with Crippen molar-refractivity contribution in [2.75, 3.05) is 19.4 Å². The van der Waals surface area contributed by atoms with Crippen LogP contribution in [0.2, 0.25) is 0 Å². The van der Waals surface area contributed by atoms with E-state index in [1.807, 2.05) is 12.3 Å². The molecule has 0 saturated heterocycles. The summed E-state index contributed by atoms with van der Waals surface area (Å²) >= 11 is 0. The van der Waals surface area contributed by atoms with Gasteiger partial charge in [0.1, 0.15) is 0 Å². The average molecular weight is 251 g/mol. The zero-order valence-electron chi connectivity index (χ0n) is 11.9. The molecule has 1 aromatic rings. The number of ether oxygens (including phenoxy) is 1. The number of pyridine rings is 1. The van der Waals surface area contributed by atoms with Crippen LogP contribution in [0.25, 0.3) is 0 Å². The van der Waals surface area contributed by atoms with E-state index >= 15 is 0 Å². The van der Waals surface area contributed by atoms with E-state index in [9.17, 15) is 0 Å². The van der Waals surface area contributed by atoms with Crippen molar-refractivity contribution in [3.05, 3.63) is 24.0 Å². The first-order chi connectivity index (χ1) is 8.57. The van der Waals surface area contributed by atoms with Crippen LogP contribution in [-0.2, 0) is 11.2 Å². The van der Waals surface area contributed by atoms with Crippen molar-refractivity contribution in [2.24, 2.45) is 0 Å². The topological polar surface area (TPSA) is 60.2 Å². The molecule has 102 valence electrons. The third kappa shape index (κ3) is 3.43. The summed E-state index contributed by atoms with van der Waals surface area (Å²) < 4.78 is 5.69. The first-order valence-corrected chi connectivity index (χ1v) is 6.54. The molecule has 0 aliphatic heterocycles. The second-order valence-electron chi connectivity index (χ2n) is 4.76. The van der Waals surface area contributed by atoms with Gasteiger partial charge in [-0.25, -0.2) is 0 Å². The van der Waals surface area contributed by atoms with Crippen LogP contribution in [0, 0.1) is 0 Å². The number of hydrogen-bond donors (Lipinski definition) is 2. The fourth-order valence-electron chi connectivity index (χ4n) is 2.11. The predicted octanol–water partition coefficient (Wildman–Crippen LogP) is 2.00. The van der Waals surface area contributed by atoms with E-state index < -0.39 is 0 Å². The minimum absolute atomic E-state index is 0.196. The quantitative estimate of drug-likeness (QED) is 0.778. The van der Waals surface area contributed by atoms with Gasteiger partial charge in [0.15, 0.2) is 0 Å². The number of methoxy groups -OCH3 is 1. The Kier molecular flexibility index (Phi) is 5.56. The van der Waals surface area contributed by atoms with Gasteiger partial charge in [-0.2, -0.15) is 0 Å². The average Bonchev–Trinajstić information content (AvgIpc) is 2.39. The molecular formula is C14H25N3O. The molecule has 4 heteroatoms. The standard InChI is InChI=1S/C14H25N3O/c1-5-14(3,18-4)13(17-6-2)9-11-10-16-8-7-12(11)15/h7-8,10,13,17H,5-6,9H2,1-4H3,(H2,15,16). The van der Waals surface area contributed by atoms with E-state index in [-0.39, 0.29) is 11.6 Å². The van der Waals surface area contributed by atoms with E-state index in [1.54, 1.807) is 13.3 Å². The summed E-state index contributed by atoms with van der Waals surface area (Å²) in [6.45, 7) is 7.28. The van der Waals surface area contributed by atoms with Crippen molar-refractivity contribution in [1.29, 1.82) is 0 Å². The van der Waals surface area contributed by atoms with Crippen LogP contribution in [0.1, 0.15) is 32.8 Å². The molecule has 4 nitrogen and oxygen atoms in total. The lowest BCUT2D eigenvalue weighted by Gasteiger charge is -2.36. The van der Waals surface area contributed by atoms with Crippen molar-refractivity contribution in [1.82, 2.24) is 10.3 Å². The highest BCUT2D eigenvalue weighted by atomic mass is 16.5. The molecule has 1 rings (SSSR count). The lowest BCUT2D eigenvalue weighted by atomic mass is 9.88. The number of likely N-dealkylation sites (N-methyl/N-ethyl adjacent to an activating group) is 1. The first-order valence-electron chi connectivity index (χ1n) is 6.54. The molecule has 0 aliphatic carbocycles. The smallest absolute Gasteiger partial charge is 0.0803 e. The Morgan fingerprint density at radius 2 is 2.22 bits per heavy atom. The lowest BCUT2D eigenvalue weighted by molar-refractivity contribution is -0.0283. The van der Waals surface area contributed by atoms with Crippen LogP contribution in [0.15, 0.2) is 18.5 Å². The summed E-state index contributed by atoms with van der Waals surface area (Å²) in [5, 5.41) is 3.49. The Morgan fingerprint density at radius 1 is 1.50 bits per heavy atom. The molecule has 1 aromatic heterocycles. The van der Waals surface area contributed by atoms with Crippen molar-refractivity contribution in [2.45, 2.75) is 45.3 Å². The van der Waals surface area contributed by atoms with Gasteiger partial charge >= 0.3 is 0 Å². The molecule has 0 bridgehead atoms. The second kappa shape index (κ2) is 6.71. The van der Waals surface area contributed by atoms with E-state index in [4.69, 9.17) is 10.5 Å². The third-order valence-corrected chi connectivity index (χ3v) is 3.72. The van der Waals surface area contributed by atoms with Crippen LogP contribution in [0.3, 0.4) is 0 Å². The minimum atomic E-state index is -0.196. The fourth-order valence-corrected chi connectivity index (χ4v) is 2.11. The van der Waals surface area contributed by atoms with E-state index in [0.717, 1.165) is 30.6 Å². The summed E-state index contributed by atoms with van der Waals surface area (Å²) in [6.07, 6.45) is 5.33. The Bertz CT molecular complexity index is 364. The molecule has 0 aliphatic rings. The third-order valence-electron chi connectivity index (χ3n) is 3.72. The molecule has 0 spiro atoms. The monoisotopic (exact) mass is 251 g/mol. The van der Waals surface area contributed by atoms with Crippen LogP contribution in [-0.4, -0.2) is 30.3 Å². The number of hydrogen-bond acceptors (Lipinski definition) is 4. The van der Waals surface area contributed by atoms with E-state index in [1.165, 1.54) is 0 Å². The molecule has 1 heterocycles. The number of rotatable bonds is 7. The summed E-state index contributed by atoms with van der Waals surface area (Å²) in [5.41, 5.74) is 7.65. The summed E-state index contributed by atoms with van der Waals surface area (Å²) in [4.78, 5) is 4.14. The molecule has 0 fully saturated rings. The Hall–Kier alpha value is -1.13. The van der Waals surface area contributed by atoms with Gasteiger partial charge in [0.25, 0.3) is 0 Å². The molecule has 0 aromatic carbocycles. The lowest BCUT2D eigenvalue weighted by Crippen LogP contribution is -2.51. The predicted molar refractivity (Wildman–Crippen MR) is 75.5 cm³/mol. The van der Waals surface area contributed by atoms with Crippen molar-refractivity contribution in [3.63, 3.8) is 0 Å².